The first kappa shape index (κ1) is 17.2. The Kier molecular flexibility index (Phi) is 4.88. The number of benzene rings is 1. The molecule has 1 aromatic carbocycles. The number of rotatable bonds is 5. The van der Waals surface area contributed by atoms with E-state index in [-0.39, 0.29) is 12.4 Å². The third-order valence-electron chi connectivity index (χ3n) is 4.33. The molecule has 3 atom stereocenters. The van der Waals surface area contributed by atoms with Gasteiger partial charge in [-0.05, 0) is 20.8 Å². The van der Waals surface area contributed by atoms with E-state index in [1.54, 1.807) is 52.0 Å². The minimum atomic E-state index is -1.06. The van der Waals surface area contributed by atoms with Crippen LogP contribution < -0.4 is 0 Å². The number of hydrogen-bond donors (Lipinski definition) is 0. The predicted molar refractivity (Wildman–Crippen MR) is 83.7 cm³/mol. The number of ketones is 1. The van der Waals surface area contributed by atoms with Gasteiger partial charge in [-0.1, -0.05) is 37.3 Å². The second-order valence-corrected chi connectivity index (χ2v) is 6.30. The van der Waals surface area contributed by atoms with E-state index in [1.165, 1.54) is 0 Å². The second kappa shape index (κ2) is 6.52. The van der Waals surface area contributed by atoms with Crippen molar-refractivity contribution in [3.8, 4) is 0 Å². The van der Waals surface area contributed by atoms with Crippen LogP contribution in [0.5, 0.6) is 0 Å². The monoisotopic (exact) mass is 318 g/mol. The zero-order valence-electron chi connectivity index (χ0n) is 13.9. The summed E-state index contributed by atoms with van der Waals surface area (Å²) in [6.45, 7) is 7.04. The lowest BCUT2D eigenvalue weighted by Crippen LogP contribution is -2.41. The van der Waals surface area contributed by atoms with Crippen molar-refractivity contribution in [1.29, 1.82) is 0 Å². The van der Waals surface area contributed by atoms with Crippen LogP contribution in [0.4, 0.5) is 0 Å². The van der Waals surface area contributed by atoms with Gasteiger partial charge in [-0.3, -0.25) is 14.4 Å². The van der Waals surface area contributed by atoms with Crippen molar-refractivity contribution < 1.29 is 23.9 Å². The van der Waals surface area contributed by atoms with Crippen molar-refractivity contribution in [2.45, 2.75) is 33.3 Å². The van der Waals surface area contributed by atoms with Gasteiger partial charge in [0.1, 0.15) is 5.60 Å². The molecule has 5 nitrogen and oxygen atoms in total. The molecule has 1 fully saturated rings. The minimum Gasteiger partial charge on any atom is -0.465 e. The van der Waals surface area contributed by atoms with Crippen LogP contribution in [0.2, 0.25) is 0 Å². The van der Waals surface area contributed by atoms with E-state index in [1.807, 2.05) is 6.07 Å². The van der Waals surface area contributed by atoms with Gasteiger partial charge < -0.3 is 9.47 Å². The van der Waals surface area contributed by atoms with Gasteiger partial charge in [0.2, 0.25) is 0 Å². The molecule has 23 heavy (non-hydrogen) atoms. The molecule has 0 saturated carbocycles. The summed E-state index contributed by atoms with van der Waals surface area (Å²) in [5, 5.41) is 0. The van der Waals surface area contributed by atoms with Crippen LogP contribution in [-0.4, -0.2) is 29.9 Å². The molecule has 0 spiro atoms. The zero-order chi connectivity index (χ0) is 17.2. The average Bonchev–Trinajstić information content (AvgIpc) is 2.75. The number of Topliss-reactive ketones (excluding diaryl/α,β-unsaturated/α-hetero) is 1. The fourth-order valence-corrected chi connectivity index (χ4v) is 3.33. The third-order valence-corrected chi connectivity index (χ3v) is 4.33. The Labute approximate surface area is 136 Å². The summed E-state index contributed by atoms with van der Waals surface area (Å²) in [6.07, 6.45) is 0. The fourth-order valence-electron chi connectivity index (χ4n) is 3.33. The Morgan fingerprint density at radius 3 is 2.43 bits per heavy atom. The molecule has 5 heteroatoms. The maximum absolute atomic E-state index is 12.7. The summed E-state index contributed by atoms with van der Waals surface area (Å²) in [4.78, 5) is 37.1. The average molecular weight is 318 g/mol. The highest BCUT2D eigenvalue weighted by Crippen LogP contribution is 2.43. The molecule has 0 radical (unpaired) electrons. The second-order valence-electron chi connectivity index (χ2n) is 6.30. The van der Waals surface area contributed by atoms with E-state index < -0.39 is 35.3 Å². The van der Waals surface area contributed by atoms with Crippen molar-refractivity contribution in [2.75, 3.05) is 6.61 Å². The van der Waals surface area contributed by atoms with Gasteiger partial charge in [0, 0.05) is 17.4 Å². The van der Waals surface area contributed by atoms with E-state index in [2.05, 4.69) is 0 Å². The molecule has 1 saturated heterocycles. The SMILES string of the molecule is CCOC(=O)[C@H]1C(=O)OC(C)(C)[C@H]1[C@H](C)C(=O)c1ccccc1. The van der Waals surface area contributed by atoms with E-state index in [4.69, 9.17) is 9.47 Å². The van der Waals surface area contributed by atoms with Gasteiger partial charge >= 0.3 is 11.9 Å². The number of ether oxygens (including phenoxy) is 2. The largest absolute Gasteiger partial charge is 0.465 e. The van der Waals surface area contributed by atoms with E-state index in [0.29, 0.717) is 5.56 Å². The van der Waals surface area contributed by atoms with E-state index in [0.717, 1.165) is 0 Å². The Hall–Kier alpha value is -2.17. The zero-order valence-corrected chi connectivity index (χ0v) is 13.9. The molecular weight excluding hydrogens is 296 g/mol. The molecule has 1 aliphatic heterocycles. The summed E-state index contributed by atoms with van der Waals surface area (Å²) < 4.78 is 10.4. The molecule has 124 valence electrons. The molecule has 0 bridgehead atoms. The fraction of sp³-hybridized carbons (Fsp3) is 0.500. The quantitative estimate of drug-likeness (QED) is 0.474. The van der Waals surface area contributed by atoms with Crippen molar-refractivity contribution in [1.82, 2.24) is 0 Å². The highest BCUT2D eigenvalue weighted by molar-refractivity contribution is 6.01. The van der Waals surface area contributed by atoms with Crippen molar-refractivity contribution >= 4 is 17.7 Å². The summed E-state index contributed by atoms with van der Waals surface area (Å²) in [5.74, 6) is -3.54. The number of cyclic esters (lactones) is 1. The molecule has 1 heterocycles. The molecular formula is C18H22O5. The lowest BCUT2D eigenvalue weighted by molar-refractivity contribution is -0.157. The summed E-state index contributed by atoms with van der Waals surface area (Å²) in [5.41, 5.74) is -0.351. The Bertz CT molecular complexity index is 605. The van der Waals surface area contributed by atoms with Gasteiger partial charge in [-0.2, -0.15) is 0 Å². The predicted octanol–water partition coefficient (Wildman–Crippen LogP) is 2.64. The summed E-state index contributed by atoms with van der Waals surface area (Å²) in [7, 11) is 0. The van der Waals surface area contributed by atoms with Crippen LogP contribution in [0.1, 0.15) is 38.1 Å². The third kappa shape index (κ3) is 3.28. The van der Waals surface area contributed by atoms with Gasteiger partial charge in [0.25, 0.3) is 0 Å². The van der Waals surface area contributed by atoms with E-state index in [9.17, 15) is 14.4 Å². The highest BCUT2D eigenvalue weighted by Gasteiger charge is 2.57. The highest BCUT2D eigenvalue weighted by atomic mass is 16.6. The first-order valence-electron chi connectivity index (χ1n) is 7.78. The topological polar surface area (TPSA) is 69.7 Å². The first-order chi connectivity index (χ1) is 10.8. The maximum Gasteiger partial charge on any atom is 0.321 e. The number of carbonyl (C=O) groups excluding carboxylic acids is 3. The molecule has 2 rings (SSSR count). The van der Waals surface area contributed by atoms with Crippen LogP contribution in [0.25, 0.3) is 0 Å². The molecule has 0 amide bonds. The lowest BCUT2D eigenvalue weighted by atomic mass is 9.72. The smallest absolute Gasteiger partial charge is 0.321 e. The number of carbonyl (C=O) groups is 3. The Morgan fingerprint density at radius 2 is 1.87 bits per heavy atom. The van der Waals surface area contributed by atoms with Crippen LogP contribution >= 0.6 is 0 Å². The van der Waals surface area contributed by atoms with Gasteiger partial charge in [0.15, 0.2) is 11.7 Å². The van der Waals surface area contributed by atoms with Crippen LogP contribution in [0, 0.1) is 17.8 Å². The molecule has 0 aliphatic carbocycles. The van der Waals surface area contributed by atoms with Crippen molar-refractivity contribution in [3.63, 3.8) is 0 Å². The van der Waals surface area contributed by atoms with E-state index >= 15 is 0 Å². The van der Waals surface area contributed by atoms with Crippen LogP contribution in [0.3, 0.4) is 0 Å². The van der Waals surface area contributed by atoms with Gasteiger partial charge in [-0.25, -0.2) is 0 Å². The van der Waals surface area contributed by atoms with Gasteiger partial charge in [-0.15, -0.1) is 0 Å². The summed E-state index contributed by atoms with van der Waals surface area (Å²) in [6, 6.07) is 8.84. The molecule has 1 aromatic rings. The molecule has 0 aromatic heterocycles. The molecule has 0 N–H and O–H groups in total. The molecule has 0 unspecified atom stereocenters. The maximum atomic E-state index is 12.7. The Morgan fingerprint density at radius 1 is 1.26 bits per heavy atom. The number of esters is 2. The lowest BCUT2D eigenvalue weighted by Gasteiger charge is -2.30. The Balaban J connectivity index is 2.34. The normalized spacial score (nSPS) is 23.9. The van der Waals surface area contributed by atoms with Crippen molar-refractivity contribution in [2.24, 2.45) is 17.8 Å². The first-order valence-corrected chi connectivity index (χ1v) is 7.78. The minimum absolute atomic E-state index is 0.115. The summed E-state index contributed by atoms with van der Waals surface area (Å²) >= 11 is 0. The number of hydrogen-bond acceptors (Lipinski definition) is 5. The molecule has 1 aliphatic rings. The standard InChI is InChI=1S/C18H22O5/c1-5-22-16(20)13-14(18(3,4)23-17(13)21)11(2)15(19)12-9-7-6-8-10-12/h6-11,13-14H,5H2,1-4H3/t11-,13-,14-/m0/s1. The van der Waals surface area contributed by atoms with Crippen LogP contribution in [-0.2, 0) is 19.1 Å². The van der Waals surface area contributed by atoms with Crippen molar-refractivity contribution in [3.05, 3.63) is 35.9 Å². The van der Waals surface area contributed by atoms with Gasteiger partial charge in [0.05, 0.1) is 6.61 Å². The van der Waals surface area contributed by atoms with Crippen LogP contribution in [0.15, 0.2) is 30.3 Å².